The Morgan fingerprint density at radius 3 is 2.78 bits per heavy atom. The molecule has 6 nitrogen and oxygen atoms in total. The van der Waals surface area contributed by atoms with Crippen LogP contribution >= 0.6 is 11.6 Å². The number of ether oxygens (including phenoxy) is 3. The van der Waals surface area contributed by atoms with Crippen LogP contribution in [0.2, 0.25) is 5.02 Å². The number of carbonyl (C=O) groups is 1. The Balaban J connectivity index is 1.34. The zero-order chi connectivity index (χ0) is 25.9. The monoisotopic (exact) mass is 523 g/mol. The molecular weight excluding hydrogens is 499 g/mol. The van der Waals surface area contributed by atoms with Crippen LogP contribution in [0.3, 0.4) is 0 Å². The third-order valence-corrected chi connectivity index (χ3v) is 6.15. The van der Waals surface area contributed by atoms with Gasteiger partial charge < -0.3 is 19.3 Å². The number of rotatable bonds is 8. The van der Waals surface area contributed by atoms with E-state index in [9.17, 15) is 23.1 Å². The maximum absolute atomic E-state index is 12.7. The number of aliphatic carboxylic acids is 1. The van der Waals surface area contributed by atoms with Gasteiger partial charge in [0.05, 0.1) is 5.02 Å². The van der Waals surface area contributed by atoms with Crippen LogP contribution < -0.4 is 14.2 Å². The molecule has 1 atom stereocenters. The predicted molar refractivity (Wildman–Crippen MR) is 129 cm³/mol. The van der Waals surface area contributed by atoms with Gasteiger partial charge in [0.1, 0.15) is 30.5 Å². The summed E-state index contributed by atoms with van der Waals surface area (Å²) in [5.74, 6) is 0.313. The summed E-state index contributed by atoms with van der Waals surface area (Å²) >= 11 is 6.10. The molecule has 0 aromatic heterocycles. The smallest absolute Gasteiger partial charge is 0.425 e. The number of hydrogen-bond donors (Lipinski definition) is 1. The molecule has 0 radical (unpaired) electrons. The number of alkyl halides is 3. The number of hydrogen-bond acceptors (Lipinski definition) is 5. The second-order valence-corrected chi connectivity index (χ2v) is 9.09. The summed E-state index contributed by atoms with van der Waals surface area (Å²) in [6.45, 7) is 3.31. The molecule has 36 heavy (non-hydrogen) atoms. The van der Waals surface area contributed by atoms with Gasteiger partial charge in [0, 0.05) is 36.8 Å². The van der Waals surface area contributed by atoms with Crippen LogP contribution in [0.1, 0.15) is 24.5 Å². The molecule has 2 aromatic rings. The lowest BCUT2D eigenvalue weighted by Gasteiger charge is -2.28. The summed E-state index contributed by atoms with van der Waals surface area (Å²) in [5.41, 5.74) is 3.04. The maximum Gasteiger partial charge on any atom is 0.425 e. The fourth-order valence-corrected chi connectivity index (χ4v) is 4.16. The first-order valence-corrected chi connectivity index (χ1v) is 11.7. The van der Waals surface area contributed by atoms with Crippen molar-refractivity contribution in [2.24, 2.45) is 0 Å². The van der Waals surface area contributed by atoms with Crippen molar-refractivity contribution in [1.29, 1.82) is 0 Å². The number of nitrogens with zero attached hydrogens (tertiary/aromatic N) is 1. The molecule has 2 heterocycles. The van der Waals surface area contributed by atoms with Gasteiger partial charge in [-0.05, 0) is 54.8 Å². The second-order valence-electron chi connectivity index (χ2n) is 8.68. The Bertz CT molecular complexity index is 1190. The van der Waals surface area contributed by atoms with Crippen molar-refractivity contribution >= 4 is 23.6 Å². The molecule has 4 rings (SSSR count). The molecule has 1 N–H and O–H groups in total. The van der Waals surface area contributed by atoms with Gasteiger partial charge in [-0.2, -0.15) is 13.2 Å². The molecule has 2 aliphatic rings. The number of carboxylic acid groups (broad SMARTS) is 1. The molecule has 0 bridgehead atoms. The van der Waals surface area contributed by atoms with Crippen LogP contribution in [0.15, 0.2) is 53.6 Å². The predicted octanol–water partition coefficient (Wildman–Crippen LogP) is 5.74. The molecule has 0 unspecified atom stereocenters. The highest BCUT2D eigenvalue weighted by Gasteiger charge is 2.38. The van der Waals surface area contributed by atoms with Crippen molar-refractivity contribution in [1.82, 2.24) is 4.90 Å². The lowest BCUT2D eigenvalue weighted by atomic mass is 10.0. The molecule has 0 spiro atoms. The first kappa shape index (κ1) is 25.9. The Morgan fingerprint density at radius 1 is 1.25 bits per heavy atom. The van der Waals surface area contributed by atoms with Crippen LogP contribution in [0, 0.1) is 0 Å². The molecule has 10 heteroatoms. The Hall–Kier alpha value is -3.17. The van der Waals surface area contributed by atoms with Gasteiger partial charge in [-0.25, -0.2) is 4.79 Å². The number of carboxylic acids is 1. The van der Waals surface area contributed by atoms with Gasteiger partial charge in [-0.15, -0.1) is 0 Å². The summed E-state index contributed by atoms with van der Waals surface area (Å²) in [7, 11) is 0. The van der Waals surface area contributed by atoms with E-state index in [1.807, 2.05) is 12.1 Å². The van der Waals surface area contributed by atoms with E-state index in [4.69, 9.17) is 25.8 Å². The van der Waals surface area contributed by atoms with Gasteiger partial charge in [-0.3, -0.25) is 4.90 Å². The van der Waals surface area contributed by atoms with Crippen molar-refractivity contribution in [2.75, 3.05) is 26.2 Å². The summed E-state index contributed by atoms with van der Waals surface area (Å²) < 4.78 is 54.8. The van der Waals surface area contributed by atoms with Crippen molar-refractivity contribution in [3.63, 3.8) is 0 Å². The topological polar surface area (TPSA) is 68.2 Å². The molecule has 0 saturated heterocycles. The van der Waals surface area contributed by atoms with Gasteiger partial charge in [0.2, 0.25) is 0 Å². The zero-order valence-corrected chi connectivity index (χ0v) is 20.2. The van der Waals surface area contributed by atoms with E-state index in [-0.39, 0.29) is 17.4 Å². The van der Waals surface area contributed by atoms with Crippen LogP contribution in [-0.4, -0.2) is 54.5 Å². The highest BCUT2D eigenvalue weighted by molar-refractivity contribution is 6.32. The van der Waals surface area contributed by atoms with Crippen LogP contribution in [0.25, 0.3) is 6.08 Å². The maximum atomic E-state index is 12.7. The summed E-state index contributed by atoms with van der Waals surface area (Å²) in [4.78, 5) is 13.3. The normalized spacial score (nSPS) is 16.8. The van der Waals surface area contributed by atoms with E-state index in [0.29, 0.717) is 48.8 Å². The van der Waals surface area contributed by atoms with E-state index in [0.717, 1.165) is 24.6 Å². The van der Waals surface area contributed by atoms with Crippen molar-refractivity contribution in [3.8, 4) is 17.2 Å². The largest absolute Gasteiger partial charge is 0.489 e. The third kappa shape index (κ3) is 6.53. The average Bonchev–Trinajstić information content (AvgIpc) is 2.83. The van der Waals surface area contributed by atoms with E-state index in [1.54, 1.807) is 24.3 Å². The average molecular weight is 524 g/mol. The van der Waals surface area contributed by atoms with Gasteiger partial charge in [-0.1, -0.05) is 23.7 Å². The fraction of sp³-hybridized carbons (Fsp3) is 0.346. The summed E-state index contributed by atoms with van der Waals surface area (Å²) in [6.07, 6.45) is -1.93. The van der Waals surface area contributed by atoms with Crippen LogP contribution in [0.4, 0.5) is 13.2 Å². The van der Waals surface area contributed by atoms with Gasteiger partial charge >= 0.3 is 12.1 Å². The highest BCUT2D eigenvalue weighted by atomic mass is 35.5. The Morgan fingerprint density at radius 2 is 2.06 bits per heavy atom. The minimum Gasteiger partial charge on any atom is -0.489 e. The third-order valence-electron chi connectivity index (χ3n) is 5.86. The van der Waals surface area contributed by atoms with Crippen LogP contribution in [-0.2, 0) is 11.4 Å². The van der Waals surface area contributed by atoms with Gasteiger partial charge in [0.15, 0.2) is 6.10 Å². The summed E-state index contributed by atoms with van der Waals surface area (Å²) in [6, 6.07) is 9.96. The first-order valence-electron chi connectivity index (χ1n) is 11.3. The quantitative estimate of drug-likeness (QED) is 0.476. The van der Waals surface area contributed by atoms with Crippen molar-refractivity contribution in [3.05, 3.63) is 69.8 Å². The zero-order valence-electron chi connectivity index (χ0n) is 19.5. The fourth-order valence-electron chi connectivity index (χ4n) is 3.91. The minimum atomic E-state index is -4.48. The summed E-state index contributed by atoms with van der Waals surface area (Å²) in [5, 5.41) is 9.29. The number of fused-ring (bicyclic) bond motifs is 1. The number of halogens is 4. The molecular formula is C26H25ClF3NO5. The lowest BCUT2D eigenvalue weighted by Crippen LogP contribution is -2.34. The van der Waals surface area contributed by atoms with E-state index in [1.165, 1.54) is 12.1 Å². The first-order chi connectivity index (χ1) is 17.1. The SMILES string of the molecule is C[C@H](Oc1ccc(COc2ccc3c(c2)OCC(CN2CCC=C(C(=O)O)C2)=C3)cc1Cl)C(F)(F)F. The molecule has 2 aliphatic heterocycles. The molecule has 0 aliphatic carbocycles. The number of benzene rings is 2. The molecule has 192 valence electrons. The van der Waals surface area contributed by atoms with Crippen LogP contribution in [0.5, 0.6) is 17.2 Å². The highest BCUT2D eigenvalue weighted by Crippen LogP contribution is 2.33. The standard InChI is InChI=1S/C26H25ClF3NO5/c1-16(26(28,29)30)36-23-7-4-17(10-22(23)27)14-34-21-6-5-19-9-18(15-35-24(19)11-21)12-31-8-2-3-20(13-31)25(32)33/h3-7,9-11,16H,2,8,12-15H2,1H3,(H,32,33)/t16-/m0/s1. The lowest BCUT2D eigenvalue weighted by molar-refractivity contribution is -0.189. The Labute approximate surface area is 211 Å². The second kappa shape index (κ2) is 10.8. The van der Waals surface area contributed by atoms with E-state index in [2.05, 4.69) is 4.90 Å². The van der Waals surface area contributed by atoms with Gasteiger partial charge in [0.25, 0.3) is 0 Å². The molecule has 0 fully saturated rings. The molecule has 2 aromatic carbocycles. The minimum absolute atomic E-state index is 0.0465. The van der Waals surface area contributed by atoms with E-state index >= 15 is 0 Å². The van der Waals surface area contributed by atoms with E-state index < -0.39 is 18.2 Å². The Kier molecular flexibility index (Phi) is 7.80. The van der Waals surface area contributed by atoms with Crippen molar-refractivity contribution in [2.45, 2.75) is 32.2 Å². The van der Waals surface area contributed by atoms with Crippen molar-refractivity contribution < 1.29 is 37.3 Å². The molecule has 0 amide bonds. The molecule has 0 saturated carbocycles.